The molecule has 3 atom stereocenters. The van der Waals surface area contributed by atoms with Gasteiger partial charge in [-0.3, -0.25) is 14.4 Å². The van der Waals surface area contributed by atoms with Crippen LogP contribution in [0, 0.1) is 0 Å². The van der Waals surface area contributed by atoms with E-state index in [1.165, 1.54) is 11.8 Å². The van der Waals surface area contributed by atoms with Crippen molar-refractivity contribution in [2.45, 2.75) is 56.7 Å². The van der Waals surface area contributed by atoms with E-state index in [0.717, 1.165) is 39.6 Å². The first-order chi connectivity index (χ1) is 21.8. The molecule has 2 amide bonds. The van der Waals surface area contributed by atoms with Gasteiger partial charge >= 0.3 is 5.97 Å². The molecule has 0 bridgehead atoms. The van der Waals surface area contributed by atoms with Crippen molar-refractivity contribution in [3.8, 4) is 0 Å². The number of thioether (sulfide) groups is 1. The topological polar surface area (TPSA) is 92.8 Å². The zero-order valence-electron chi connectivity index (χ0n) is 25.3. The van der Waals surface area contributed by atoms with Crippen molar-refractivity contribution in [3.05, 3.63) is 143 Å². The van der Waals surface area contributed by atoms with E-state index < -0.39 is 35.3 Å². The predicted molar refractivity (Wildman–Crippen MR) is 175 cm³/mol. The summed E-state index contributed by atoms with van der Waals surface area (Å²) in [5.74, 6) is -1.34. The van der Waals surface area contributed by atoms with Gasteiger partial charge in [0.15, 0.2) is 11.2 Å². The molecule has 4 aromatic rings. The quantitative estimate of drug-likeness (QED) is 0.230. The van der Waals surface area contributed by atoms with Crippen LogP contribution in [0.2, 0.25) is 0 Å². The summed E-state index contributed by atoms with van der Waals surface area (Å²) in [5.41, 5.74) is 4.34. The first kappa shape index (κ1) is 31.7. The van der Waals surface area contributed by atoms with Crippen molar-refractivity contribution in [2.24, 2.45) is 0 Å². The zero-order chi connectivity index (χ0) is 31.8. The highest BCUT2D eigenvalue weighted by molar-refractivity contribution is 8.14. The number of benzene rings is 4. The molecule has 4 aromatic carbocycles. The predicted octanol–water partition coefficient (Wildman–Crippen LogP) is 5.67. The van der Waals surface area contributed by atoms with Crippen molar-refractivity contribution in [1.29, 1.82) is 0 Å². The standard InChI is InChI=1S/C37H36N2O5S/c1-25(37(43)44-34(28-16-8-4-9-17-28)29-18-10-5-11-19-29)39-24-31-21-13-12-20-30(31)23-32(36(39)42)38-35(41)33(45-26(2)40)22-27-14-6-3-7-15-27/h3-21,25,32-34H,22-24H2,1-2H3,(H,38,41)/t25-,32-,33-/m0/s1. The van der Waals surface area contributed by atoms with Gasteiger partial charge in [0.25, 0.3) is 0 Å². The number of nitrogens with one attached hydrogen (secondary N) is 1. The summed E-state index contributed by atoms with van der Waals surface area (Å²) in [5, 5.41) is 2.03. The van der Waals surface area contributed by atoms with Crippen LogP contribution >= 0.6 is 11.8 Å². The van der Waals surface area contributed by atoms with Gasteiger partial charge in [0.1, 0.15) is 12.1 Å². The van der Waals surface area contributed by atoms with Gasteiger partial charge in [0.2, 0.25) is 11.8 Å². The van der Waals surface area contributed by atoms with E-state index in [9.17, 15) is 19.2 Å². The van der Waals surface area contributed by atoms with Gasteiger partial charge in [-0.2, -0.15) is 0 Å². The van der Waals surface area contributed by atoms with Crippen LogP contribution in [0.5, 0.6) is 0 Å². The van der Waals surface area contributed by atoms with Crippen LogP contribution < -0.4 is 5.32 Å². The van der Waals surface area contributed by atoms with Crippen molar-refractivity contribution in [2.75, 3.05) is 0 Å². The normalized spacial score (nSPS) is 15.8. The number of nitrogens with zero attached hydrogens (tertiary/aromatic N) is 1. The third-order valence-electron chi connectivity index (χ3n) is 7.89. The number of carbonyl (C=O) groups excluding carboxylic acids is 4. The first-order valence-electron chi connectivity index (χ1n) is 15.0. The Bertz CT molecular complexity index is 1590. The second kappa shape index (κ2) is 14.9. The van der Waals surface area contributed by atoms with Crippen molar-refractivity contribution < 1.29 is 23.9 Å². The monoisotopic (exact) mass is 620 g/mol. The highest BCUT2D eigenvalue weighted by Crippen LogP contribution is 2.28. The average molecular weight is 621 g/mol. The first-order valence-corrected chi connectivity index (χ1v) is 15.9. The molecule has 0 aromatic heterocycles. The molecule has 1 aliphatic heterocycles. The van der Waals surface area contributed by atoms with Gasteiger partial charge in [0, 0.05) is 19.9 Å². The molecule has 1 aliphatic rings. The second-order valence-corrected chi connectivity index (χ2v) is 12.5. The van der Waals surface area contributed by atoms with Gasteiger partial charge in [-0.1, -0.05) is 127 Å². The molecule has 45 heavy (non-hydrogen) atoms. The van der Waals surface area contributed by atoms with E-state index in [-0.39, 0.29) is 24.0 Å². The lowest BCUT2D eigenvalue weighted by molar-refractivity contribution is -0.158. The highest BCUT2D eigenvalue weighted by Gasteiger charge is 2.38. The molecule has 0 spiro atoms. The number of ether oxygens (including phenoxy) is 1. The number of amides is 2. The van der Waals surface area contributed by atoms with E-state index >= 15 is 0 Å². The van der Waals surface area contributed by atoms with Crippen LogP contribution in [-0.2, 0) is 43.3 Å². The summed E-state index contributed by atoms with van der Waals surface area (Å²) in [4.78, 5) is 55.2. The molecule has 7 nitrogen and oxygen atoms in total. The Labute approximate surface area is 268 Å². The molecule has 0 saturated heterocycles. The lowest BCUT2D eigenvalue weighted by Gasteiger charge is -2.31. The SMILES string of the molecule is CC(=O)S[C@@H](Cc1ccccc1)C(=O)N[C@H]1Cc2ccccc2CN([C@@H](C)C(=O)OC(c2ccccc2)c2ccccc2)C1=O. The maximum Gasteiger partial charge on any atom is 0.329 e. The fourth-order valence-electron chi connectivity index (χ4n) is 5.53. The molecule has 0 unspecified atom stereocenters. The maximum atomic E-state index is 14.2. The van der Waals surface area contributed by atoms with Crippen LogP contribution in [0.1, 0.15) is 47.8 Å². The molecule has 0 radical (unpaired) electrons. The van der Waals surface area contributed by atoms with Crippen molar-refractivity contribution >= 4 is 34.7 Å². The highest BCUT2D eigenvalue weighted by atomic mass is 32.2. The summed E-state index contributed by atoms with van der Waals surface area (Å²) in [6.45, 7) is 3.27. The minimum absolute atomic E-state index is 0.187. The molecule has 1 N–H and O–H groups in total. The molecule has 8 heteroatoms. The van der Waals surface area contributed by atoms with Crippen LogP contribution in [0.3, 0.4) is 0 Å². The van der Waals surface area contributed by atoms with E-state index in [2.05, 4.69) is 5.32 Å². The van der Waals surface area contributed by atoms with Gasteiger partial charge < -0.3 is 15.0 Å². The fourth-order valence-corrected chi connectivity index (χ4v) is 6.38. The van der Waals surface area contributed by atoms with E-state index in [1.54, 1.807) is 6.92 Å². The van der Waals surface area contributed by atoms with Gasteiger partial charge in [-0.25, -0.2) is 4.79 Å². The van der Waals surface area contributed by atoms with Gasteiger partial charge in [-0.05, 0) is 41.2 Å². The summed E-state index contributed by atoms with van der Waals surface area (Å²) in [6, 6.07) is 34.2. The van der Waals surface area contributed by atoms with Gasteiger partial charge in [-0.15, -0.1) is 0 Å². The number of rotatable bonds is 10. The molecular weight excluding hydrogens is 584 g/mol. The second-order valence-electron chi connectivity index (χ2n) is 11.1. The number of hydrogen-bond acceptors (Lipinski definition) is 6. The largest absolute Gasteiger partial charge is 0.451 e. The number of hydrogen-bond donors (Lipinski definition) is 1. The van der Waals surface area contributed by atoms with E-state index in [0.29, 0.717) is 6.42 Å². The minimum atomic E-state index is -0.940. The molecular formula is C37H36N2O5S. The Morgan fingerprint density at radius 1 is 0.822 bits per heavy atom. The lowest BCUT2D eigenvalue weighted by Crippen LogP contribution is -2.54. The van der Waals surface area contributed by atoms with E-state index in [1.807, 2.05) is 115 Å². The molecule has 1 heterocycles. The molecule has 5 rings (SSSR count). The van der Waals surface area contributed by atoms with Gasteiger partial charge in [0.05, 0.1) is 5.25 Å². The van der Waals surface area contributed by atoms with E-state index in [4.69, 9.17) is 4.74 Å². The van der Waals surface area contributed by atoms with Crippen LogP contribution in [0.4, 0.5) is 0 Å². The van der Waals surface area contributed by atoms with Crippen molar-refractivity contribution in [1.82, 2.24) is 10.2 Å². The number of carbonyl (C=O) groups is 4. The third kappa shape index (κ3) is 8.08. The Morgan fingerprint density at radius 2 is 1.36 bits per heavy atom. The Kier molecular flexibility index (Phi) is 10.5. The van der Waals surface area contributed by atoms with Crippen molar-refractivity contribution in [3.63, 3.8) is 0 Å². The molecule has 0 aliphatic carbocycles. The third-order valence-corrected chi connectivity index (χ3v) is 8.89. The smallest absolute Gasteiger partial charge is 0.329 e. The minimum Gasteiger partial charge on any atom is -0.451 e. The fraction of sp³-hybridized carbons (Fsp3) is 0.243. The molecule has 0 saturated carbocycles. The molecule has 0 fully saturated rings. The number of esters is 1. The Morgan fingerprint density at radius 3 is 1.93 bits per heavy atom. The summed E-state index contributed by atoms with van der Waals surface area (Å²) >= 11 is 0.948. The van der Waals surface area contributed by atoms with Crippen LogP contribution in [0.15, 0.2) is 115 Å². The number of fused-ring (bicyclic) bond motifs is 1. The summed E-state index contributed by atoms with van der Waals surface area (Å²) < 4.78 is 6.12. The Balaban J connectivity index is 1.39. The van der Waals surface area contributed by atoms with Crippen LogP contribution in [-0.4, -0.2) is 45.1 Å². The Hall–Kier alpha value is -4.69. The summed E-state index contributed by atoms with van der Waals surface area (Å²) in [7, 11) is 0. The lowest BCUT2D eigenvalue weighted by atomic mass is 10.0. The molecule has 230 valence electrons. The zero-order valence-corrected chi connectivity index (χ0v) is 26.1. The maximum absolute atomic E-state index is 14.2. The summed E-state index contributed by atoms with van der Waals surface area (Å²) in [6.07, 6.45) is -0.0609. The average Bonchev–Trinajstić information content (AvgIpc) is 3.19. The van der Waals surface area contributed by atoms with Crippen LogP contribution in [0.25, 0.3) is 0 Å².